The van der Waals surface area contributed by atoms with Gasteiger partial charge in [-0.2, -0.15) is 0 Å². The molecule has 0 radical (unpaired) electrons. The molecule has 0 aliphatic heterocycles. The van der Waals surface area contributed by atoms with Crippen molar-refractivity contribution in [2.75, 3.05) is 0 Å². The van der Waals surface area contributed by atoms with Gasteiger partial charge >= 0.3 is 6.40 Å². The summed E-state index contributed by atoms with van der Waals surface area (Å²) >= 11 is 0. The molecule has 1 aliphatic rings. The lowest BCUT2D eigenvalue weighted by Crippen LogP contribution is -2.29. The zero-order valence-electron chi connectivity index (χ0n) is 4.69. The second-order valence-electron chi connectivity index (χ2n) is 2.11. The van der Waals surface area contributed by atoms with Crippen LogP contribution in [-0.2, 0) is 9.69 Å². The van der Waals surface area contributed by atoms with E-state index < -0.39 is 21.3 Å². The van der Waals surface area contributed by atoms with Crippen LogP contribution in [0.3, 0.4) is 0 Å². The molecule has 0 aromatic heterocycles. The van der Waals surface area contributed by atoms with Crippen molar-refractivity contribution >= 4 is 16.1 Å². The van der Waals surface area contributed by atoms with Crippen LogP contribution in [-0.4, -0.2) is 30.1 Å². The molecule has 1 saturated carbocycles. The van der Waals surface area contributed by atoms with Crippen molar-refractivity contribution in [3.8, 4) is 0 Å². The second kappa shape index (κ2) is 1.97. The third-order valence-corrected chi connectivity index (χ3v) is 3.27. The van der Waals surface area contributed by atoms with Crippen LogP contribution < -0.4 is 0 Å². The first-order chi connectivity index (χ1) is 4.05. The lowest BCUT2D eigenvalue weighted by molar-refractivity contribution is 0.427. The first-order valence-corrected chi connectivity index (χ1v) is 4.25. The molecule has 0 amide bonds. The van der Waals surface area contributed by atoms with E-state index in [0.717, 1.165) is 0 Å². The van der Waals surface area contributed by atoms with E-state index in [1.807, 2.05) is 0 Å². The first-order valence-electron chi connectivity index (χ1n) is 2.64. The van der Waals surface area contributed by atoms with E-state index >= 15 is 0 Å². The summed E-state index contributed by atoms with van der Waals surface area (Å²) in [4.78, 5) is 0. The van der Waals surface area contributed by atoms with Crippen molar-refractivity contribution in [1.29, 1.82) is 0 Å². The molecule has 9 heavy (non-hydrogen) atoms. The summed E-state index contributed by atoms with van der Waals surface area (Å²) in [6.07, 6.45) is -1.04. The molecule has 6 heteroatoms. The summed E-state index contributed by atoms with van der Waals surface area (Å²) in [6.45, 7) is 0. The second-order valence-corrected chi connectivity index (χ2v) is 4.38. The number of hydrogen-bond donors (Lipinski definition) is 2. The van der Waals surface area contributed by atoms with Gasteiger partial charge in [-0.3, -0.25) is 0 Å². The predicted molar refractivity (Wildman–Crippen MR) is 32.1 cm³/mol. The van der Waals surface area contributed by atoms with Gasteiger partial charge < -0.3 is 10.0 Å². The minimum absolute atomic E-state index is 0.488. The molecule has 4 nitrogen and oxygen atoms in total. The molecule has 0 saturated heterocycles. The van der Waals surface area contributed by atoms with Gasteiger partial charge in [-0.05, 0) is 12.8 Å². The molecular formula is C3H7BO4S. The maximum absolute atomic E-state index is 10.6. The minimum Gasteiger partial charge on any atom is -0.415 e. The van der Waals surface area contributed by atoms with Gasteiger partial charge in [-0.1, -0.05) is 0 Å². The maximum Gasteiger partial charge on any atom is 0.592 e. The van der Waals surface area contributed by atoms with Gasteiger partial charge in [0.2, 0.25) is 0 Å². The Morgan fingerprint density at radius 3 is 1.89 bits per heavy atom. The van der Waals surface area contributed by atoms with Crippen LogP contribution in [0.25, 0.3) is 0 Å². The highest BCUT2D eigenvalue weighted by Crippen LogP contribution is 2.28. The van der Waals surface area contributed by atoms with E-state index in [9.17, 15) is 8.42 Å². The molecule has 0 atom stereocenters. The monoisotopic (exact) mass is 150 g/mol. The van der Waals surface area contributed by atoms with Crippen molar-refractivity contribution in [3.63, 3.8) is 0 Å². The van der Waals surface area contributed by atoms with Gasteiger partial charge in [0.05, 0.1) is 5.25 Å². The van der Waals surface area contributed by atoms with Gasteiger partial charge in [0.1, 0.15) is 0 Å². The molecule has 0 unspecified atom stereocenters. The minimum atomic E-state index is -3.59. The smallest absolute Gasteiger partial charge is 0.415 e. The van der Waals surface area contributed by atoms with Gasteiger partial charge in [0, 0.05) is 0 Å². The predicted octanol–water partition coefficient (Wildman–Crippen LogP) is -1.47. The van der Waals surface area contributed by atoms with Gasteiger partial charge in [0.25, 0.3) is 0 Å². The molecule has 1 fully saturated rings. The molecule has 1 rings (SSSR count). The summed E-state index contributed by atoms with van der Waals surface area (Å²) in [5.74, 6) is 0. The lowest BCUT2D eigenvalue weighted by atomic mass is 10.4. The van der Waals surface area contributed by atoms with Gasteiger partial charge in [-0.15, -0.1) is 0 Å². The topological polar surface area (TPSA) is 74.6 Å². The fourth-order valence-corrected chi connectivity index (χ4v) is 1.71. The summed E-state index contributed by atoms with van der Waals surface area (Å²) in [6, 6.07) is 0. The fourth-order valence-electron chi connectivity index (χ4n) is 0.569. The summed E-state index contributed by atoms with van der Waals surface area (Å²) < 4.78 is 21.2. The Morgan fingerprint density at radius 2 is 1.78 bits per heavy atom. The average molecular weight is 150 g/mol. The Morgan fingerprint density at radius 1 is 1.33 bits per heavy atom. The summed E-state index contributed by atoms with van der Waals surface area (Å²) in [7, 11) is -3.59. The van der Waals surface area contributed by atoms with Crippen molar-refractivity contribution in [1.82, 2.24) is 0 Å². The molecule has 1 aliphatic carbocycles. The van der Waals surface area contributed by atoms with Crippen molar-refractivity contribution in [2.45, 2.75) is 18.1 Å². The van der Waals surface area contributed by atoms with Crippen LogP contribution in [0.1, 0.15) is 12.8 Å². The summed E-state index contributed by atoms with van der Waals surface area (Å²) in [5.41, 5.74) is 0. The molecule has 2 N–H and O–H groups in total. The van der Waals surface area contributed by atoms with E-state index in [-0.39, 0.29) is 0 Å². The average Bonchev–Trinajstić information content (AvgIpc) is 2.42. The number of hydrogen-bond acceptors (Lipinski definition) is 4. The van der Waals surface area contributed by atoms with Crippen LogP contribution in [0.4, 0.5) is 0 Å². The molecule has 0 aromatic carbocycles. The Labute approximate surface area is 53.5 Å². The van der Waals surface area contributed by atoms with Crippen molar-refractivity contribution in [3.05, 3.63) is 0 Å². The van der Waals surface area contributed by atoms with E-state index in [4.69, 9.17) is 10.0 Å². The molecule has 0 spiro atoms. The van der Waals surface area contributed by atoms with Crippen molar-refractivity contribution < 1.29 is 18.5 Å². The Bertz CT molecular complexity index is 184. The van der Waals surface area contributed by atoms with Crippen LogP contribution in [0.5, 0.6) is 0 Å². The maximum atomic E-state index is 10.6. The third-order valence-electron chi connectivity index (χ3n) is 1.28. The molecular weight excluding hydrogens is 143 g/mol. The van der Waals surface area contributed by atoms with Gasteiger partial charge in [-0.25, -0.2) is 8.42 Å². The summed E-state index contributed by atoms with van der Waals surface area (Å²) in [5, 5.41) is 16.0. The Balaban J connectivity index is 2.73. The quantitative estimate of drug-likeness (QED) is 0.471. The normalized spacial score (nSPS) is 19.8. The number of rotatable bonds is 2. The Kier molecular flexibility index (Phi) is 1.54. The highest BCUT2D eigenvalue weighted by atomic mass is 32.2. The van der Waals surface area contributed by atoms with Gasteiger partial charge in [0.15, 0.2) is 9.69 Å². The molecule has 0 bridgehead atoms. The van der Waals surface area contributed by atoms with Crippen LogP contribution in [0.2, 0.25) is 0 Å². The highest BCUT2D eigenvalue weighted by Gasteiger charge is 2.43. The fraction of sp³-hybridized carbons (Fsp3) is 1.00. The first kappa shape index (κ1) is 7.05. The molecule has 0 aromatic rings. The zero-order valence-corrected chi connectivity index (χ0v) is 5.50. The van der Waals surface area contributed by atoms with Crippen LogP contribution >= 0.6 is 0 Å². The zero-order chi connectivity index (χ0) is 7.07. The SMILES string of the molecule is O=S(=O)(B(O)O)C1CC1. The molecule has 52 valence electrons. The Hall–Kier alpha value is -0.0651. The third kappa shape index (κ3) is 1.25. The standard InChI is InChI=1S/C3H7BO4S/c5-4(6)9(7,8)3-1-2-3/h3,5-6H,1-2H2. The van der Waals surface area contributed by atoms with E-state index in [1.165, 1.54) is 0 Å². The largest absolute Gasteiger partial charge is 0.592 e. The van der Waals surface area contributed by atoms with E-state index in [0.29, 0.717) is 12.8 Å². The lowest BCUT2D eigenvalue weighted by Gasteiger charge is -1.95. The van der Waals surface area contributed by atoms with Crippen LogP contribution in [0.15, 0.2) is 0 Å². The molecule has 0 heterocycles. The van der Waals surface area contributed by atoms with E-state index in [1.54, 1.807) is 0 Å². The van der Waals surface area contributed by atoms with Crippen molar-refractivity contribution in [2.24, 2.45) is 0 Å². The van der Waals surface area contributed by atoms with Crippen LogP contribution in [0, 0.1) is 0 Å². The highest BCUT2D eigenvalue weighted by molar-refractivity contribution is 8.17. The van der Waals surface area contributed by atoms with E-state index in [2.05, 4.69) is 0 Å².